The first-order valence-corrected chi connectivity index (χ1v) is 8.67. The minimum atomic E-state index is -0.275. The summed E-state index contributed by atoms with van der Waals surface area (Å²) in [5.74, 6) is 0.592. The van der Waals surface area contributed by atoms with Gasteiger partial charge in [-0.2, -0.15) is 0 Å². The minimum Gasteiger partial charge on any atom is -0.462 e. The van der Waals surface area contributed by atoms with Crippen molar-refractivity contribution in [1.29, 1.82) is 0 Å². The van der Waals surface area contributed by atoms with Crippen LogP contribution in [-0.4, -0.2) is 56.4 Å². The van der Waals surface area contributed by atoms with Gasteiger partial charge in [-0.3, -0.25) is 9.89 Å². The van der Waals surface area contributed by atoms with Crippen LogP contribution >= 0.6 is 23.1 Å². The van der Waals surface area contributed by atoms with Gasteiger partial charge in [-0.15, -0.1) is 23.1 Å². The van der Waals surface area contributed by atoms with Crippen molar-refractivity contribution < 1.29 is 14.3 Å². The third-order valence-corrected chi connectivity index (χ3v) is 5.79. The summed E-state index contributed by atoms with van der Waals surface area (Å²) in [6.07, 6.45) is 0. The molecule has 2 rings (SSSR count). The summed E-state index contributed by atoms with van der Waals surface area (Å²) >= 11 is 3.05. The number of aliphatic imine (C=N–C) groups is 1. The molecule has 0 spiro atoms. The van der Waals surface area contributed by atoms with Gasteiger partial charge in [0.1, 0.15) is 9.88 Å². The molecule has 0 amide bonds. The van der Waals surface area contributed by atoms with Crippen LogP contribution in [0.4, 0.5) is 5.00 Å². The number of carbonyl (C=O) groups is 1. The average Bonchev–Trinajstić information content (AvgIpc) is 2.83. The second-order valence-electron chi connectivity index (χ2n) is 4.57. The molecule has 7 heteroatoms. The van der Waals surface area contributed by atoms with E-state index in [9.17, 15) is 4.79 Å². The zero-order chi connectivity index (χ0) is 15.2. The van der Waals surface area contributed by atoms with E-state index in [0.29, 0.717) is 11.5 Å². The van der Waals surface area contributed by atoms with Gasteiger partial charge < -0.3 is 9.47 Å². The fourth-order valence-corrected chi connectivity index (χ4v) is 4.38. The lowest BCUT2D eigenvalue weighted by atomic mass is 10.3. The predicted octanol–water partition coefficient (Wildman–Crippen LogP) is 2.95. The van der Waals surface area contributed by atoms with Crippen LogP contribution in [0.1, 0.15) is 22.2 Å². The highest BCUT2D eigenvalue weighted by Crippen LogP contribution is 2.42. The minimum absolute atomic E-state index is 0.275. The van der Waals surface area contributed by atoms with E-state index in [4.69, 9.17) is 9.47 Å². The molecule has 1 aromatic heterocycles. The Morgan fingerprint density at radius 2 is 2.24 bits per heavy atom. The Morgan fingerprint density at radius 1 is 1.52 bits per heavy atom. The second kappa shape index (κ2) is 7.93. The molecule has 0 unspecified atom stereocenters. The van der Waals surface area contributed by atoms with Gasteiger partial charge in [0.15, 0.2) is 0 Å². The summed E-state index contributed by atoms with van der Waals surface area (Å²) in [4.78, 5) is 20.0. The summed E-state index contributed by atoms with van der Waals surface area (Å²) in [5, 5.41) is 0.800. The number of hydrogen-bond acceptors (Lipinski definition) is 7. The monoisotopic (exact) mass is 328 g/mol. The van der Waals surface area contributed by atoms with E-state index >= 15 is 0 Å². The maximum Gasteiger partial charge on any atom is 0.348 e. The van der Waals surface area contributed by atoms with Crippen molar-refractivity contribution in [2.45, 2.75) is 18.7 Å². The average molecular weight is 328 g/mol. The van der Waals surface area contributed by atoms with Gasteiger partial charge >= 0.3 is 5.97 Å². The van der Waals surface area contributed by atoms with Crippen molar-refractivity contribution in [3.63, 3.8) is 0 Å². The van der Waals surface area contributed by atoms with Gasteiger partial charge in [-0.25, -0.2) is 4.79 Å². The highest BCUT2D eigenvalue weighted by molar-refractivity contribution is 7.99. The summed E-state index contributed by atoms with van der Waals surface area (Å²) in [5.41, 5.74) is 0.944. The van der Waals surface area contributed by atoms with E-state index in [1.165, 1.54) is 11.3 Å². The number of ether oxygens (including phenoxy) is 2. The maximum atomic E-state index is 11.9. The maximum absolute atomic E-state index is 11.9. The van der Waals surface area contributed by atoms with E-state index in [0.717, 1.165) is 47.6 Å². The molecule has 2 heterocycles. The third-order valence-electron chi connectivity index (χ3n) is 3.17. The molecule has 1 aromatic rings. The molecule has 1 saturated heterocycles. The molecule has 0 aromatic carbocycles. The zero-order valence-electron chi connectivity index (χ0n) is 12.4. The molecular formula is C14H20N2O3S2. The quantitative estimate of drug-likeness (QED) is 0.456. The Hall–Kier alpha value is -0.890. The molecular weight excluding hydrogens is 308 g/mol. The molecule has 0 atom stereocenters. The SMILES string of the molecule is C=Nc1sc(C(=O)OCC)c(C)c1SCN1CCOCC1. The van der Waals surface area contributed by atoms with Gasteiger partial charge in [0.2, 0.25) is 0 Å². The van der Waals surface area contributed by atoms with Crippen molar-refractivity contribution in [3.05, 3.63) is 10.4 Å². The Balaban J connectivity index is 2.10. The Kier molecular flexibility index (Phi) is 6.22. The van der Waals surface area contributed by atoms with Crippen molar-refractivity contribution in [1.82, 2.24) is 4.90 Å². The number of thiophene rings is 1. The number of rotatable bonds is 6. The van der Waals surface area contributed by atoms with Crippen LogP contribution in [0.25, 0.3) is 0 Å². The Labute approximate surface area is 133 Å². The Bertz CT molecular complexity index is 511. The molecule has 1 fully saturated rings. The largest absolute Gasteiger partial charge is 0.462 e. The van der Waals surface area contributed by atoms with E-state index in [1.807, 2.05) is 13.8 Å². The van der Waals surface area contributed by atoms with Crippen LogP contribution < -0.4 is 0 Å². The molecule has 0 N–H and O–H groups in total. The molecule has 1 aliphatic rings. The van der Waals surface area contributed by atoms with Gasteiger partial charge in [0.25, 0.3) is 0 Å². The fraction of sp³-hybridized carbons (Fsp3) is 0.571. The number of hydrogen-bond donors (Lipinski definition) is 0. The van der Waals surface area contributed by atoms with E-state index in [-0.39, 0.29) is 5.97 Å². The van der Waals surface area contributed by atoms with Gasteiger partial charge in [-0.1, -0.05) is 0 Å². The van der Waals surface area contributed by atoms with Crippen molar-refractivity contribution in [2.24, 2.45) is 4.99 Å². The fourth-order valence-electron chi connectivity index (χ4n) is 2.03. The van der Waals surface area contributed by atoms with Crippen molar-refractivity contribution in [3.8, 4) is 0 Å². The van der Waals surface area contributed by atoms with Gasteiger partial charge in [0.05, 0.1) is 19.8 Å². The van der Waals surface area contributed by atoms with E-state index in [1.54, 1.807) is 11.8 Å². The van der Waals surface area contributed by atoms with Crippen LogP contribution in [0.3, 0.4) is 0 Å². The number of thioether (sulfide) groups is 1. The van der Waals surface area contributed by atoms with Crippen molar-refractivity contribution in [2.75, 3.05) is 38.8 Å². The zero-order valence-corrected chi connectivity index (χ0v) is 14.0. The number of morpholine rings is 1. The van der Waals surface area contributed by atoms with Crippen LogP contribution in [0.5, 0.6) is 0 Å². The topological polar surface area (TPSA) is 51.1 Å². The lowest BCUT2D eigenvalue weighted by Crippen LogP contribution is -2.35. The molecule has 5 nitrogen and oxygen atoms in total. The number of nitrogens with zero attached hydrogens (tertiary/aromatic N) is 2. The van der Waals surface area contributed by atoms with Crippen LogP contribution in [0, 0.1) is 6.92 Å². The van der Waals surface area contributed by atoms with E-state index in [2.05, 4.69) is 16.6 Å². The Morgan fingerprint density at radius 3 is 2.86 bits per heavy atom. The molecule has 116 valence electrons. The lowest BCUT2D eigenvalue weighted by Gasteiger charge is -2.26. The molecule has 0 saturated carbocycles. The summed E-state index contributed by atoms with van der Waals surface area (Å²) in [7, 11) is 0. The second-order valence-corrected chi connectivity index (χ2v) is 6.53. The van der Waals surface area contributed by atoms with Crippen LogP contribution in [0.15, 0.2) is 9.89 Å². The molecule has 21 heavy (non-hydrogen) atoms. The molecule has 0 aliphatic carbocycles. The van der Waals surface area contributed by atoms with Crippen LogP contribution in [0.2, 0.25) is 0 Å². The number of carbonyl (C=O) groups excluding carboxylic acids is 1. The smallest absolute Gasteiger partial charge is 0.348 e. The standard InChI is InChI=1S/C14H20N2O3S2/c1-4-19-14(17)12-10(2)11(13(15-3)21-12)20-9-16-5-7-18-8-6-16/h3-9H2,1-2H3. The molecule has 0 bridgehead atoms. The predicted molar refractivity (Wildman–Crippen MR) is 87.3 cm³/mol. The lowest BCUT2D eigenvalue weighted by molar-refractivity contribution is 0.0474. The van der Waals surface area contributed by atoms with Gasteiger partial charge in [-0.05, 0) is 26.1 Å². The molecule has 0 radical (unpaired) electrons. The highest BCUT2D eigenvalue weighted by Gasteiger charge is 2.21. The van der Waals surface area contributed by atoms with E-state index < -0.39 is 0 Å². The first-order chi connectivity index (χ1) is 10.2. The van der Waals surface area contributed by atoms with Gasteiger partial charge in [0, 0.05) is 23.9 Å². The first kappa shape index (κ1) is 16.5. The summed E-state index contributed by atoms with van der Waals surface area (Å²) in [6, 6.07) is 0. The highest BCUT2D eigenvalue weighted by atomic mass is 32.2. The molecule has 1 aliphatic heterocycles. The summed E-state index contributed by atoms with van der Waals surface area (Å²) in [6.45, 7) is 11.2. The first-order valence-electron chi connectivity index (χ1n) is 6.87. The third kappa shape index (κ3) is 4.06. The number of esters is 1. The summed E-state index contributed by atoms with van der Waals surface area (Å²) < 4.78 is 10.4. The normalized spacial score (nSPS) is 15.9. The van der Waals surface area contributed by atoms with Crippen molar-refractivity contribution >= 4 is 40.8 Å². The van der Waals surface area contributed by atoms with Crippen LogP contribution in [-0.2, 0) is 9.47 Å².